The zero-order valence-corrected chi connectivity index (χ0v) is 63.9. The van der Waals surface area contributed by atoms with Crippen molar-refractivity contribution in [3.63, 3.8) is 0 Å². The van der Waals surface area contributed by atoms with Crippen molar-refractivity contribution in [1.82, 2.24) is 0 Å². The molecule has 95 heavy (non-hydrogen) atoms. The molecule has 0 bridgehead atoms. The van der Waals surface area contributed by atoms with Crippen molar-refractivity contribution in [2.75, 3.05) is 39.6 Å². The number of esters is 4. The van der Waals surface area contributed by atoms with Crippen LogP contribution in [0.15, 0.2) is 0 Å². The Morgan fingerprint density at radius 2 is 0.537 bits per heavy atom. The van der Waals surface area contributed by atoms with Gasteiger partial charge in [-0.15, -0.1) is 0 Å². The van der Waals surface area contributed by atoms with Crippen LogP contribution in [0.25, 0.3) is 0 Å². The lowest BCUT2D eigenvalue weighted by Gasteiger charge is -2.21. The molecule has 3 unspecified atom stereocenters. The van der Waals surface area contributed by atoms with E-state index in [0.717, 1.165) is 108 Å². The first kappa shape index (κ1) is 93.1. The molecule has 0 aliphatic heterocycles. The van der Waals surface area contributed by atoms with Gasteiger partial charge in [-0.2, -0.15) is 0 Å². The second kappa shape index (κ2) is 66.6. The van der Waals surface area contributed by atoms with E-state index in [4.69, 9.17) is 37.0 Å². The van der Waals surface area contributed by atoms with Crippen LogP contribution in [0.1, 0.15) is 389 Å². The predicted molar refractivity (Wildman–Crippen MR) is 386 cm³/mol. The Labute approximate surface area is 581 Å². The summed E-state index contributed by atoms with van der Waals surface area (Å²) in [5.74, 6) is 0.134. The number of ether oxygens (including phenoxy) is 4. The van der Waals surface area contributed by atoms with Gasteiger partial charge in [-0.1, -0.05) is 337 Å². The van der Waals surface area contributed by atoms with Crippen molar-refractivity contribution in [3.8, 4) is 0 Å². The van der Waals surface area contributed by atoms with Gasteiger partial charge in [0.05, 0.1) is 26.4 Å². The number of aliphatic hydroxyl groups is 1. The van der Waals surface area contributed by atoms with E-state index in [1.165, 1.54) is 199 Å². The molecule has 0 aromatic heterocycles. The van der Waals surface area contributed by atoms with Crippen LogP contribution in [0.3, 0.4) is 0 Å². The van der Waals surface area contributed by atoms with E-state index >= 15 is 0 Å². The van der Waals surface area contributed by atoms with Crippen LogP contribution in [0.2, 0.25) is 0 Å². The Morgan fingerprint density at radius 1 is 0.305 bits per heavy atom. The summed E-state index contributed by atoms with van der Waals surface area (Å²) in [6.45, 7) is 11.8. The van der Waals surface area contributed by atoms with E-state index in [1.54, 1.807) is 0 Å². The van der Waals surface area contributed by atoms with Gasteiger partial charge in [0.25, 0.3) is 0 Å². The molecule has 0 aliphatic carbocycles. The molecular formula is C76H148O17P2. The summed E-state index contributed by atoms with van der Waals surface area (Å²) in [5, 5.41) is 10.6. The molecule has 0 spiro atoms. The normalized spacial score (nSPS) is 14.4. The maximum Gasteiger partial charge on any atom is 0.472 e. The number of hydrogen-bond donors (Lipinski definition) is 3. The van der Waals surface area contributed by atoms with E-state index in [9.17, 15) is 43.2 Å². The van der Waals surface area contributed by atoms with Crippen LogP contribution in [0.5, 0.6) is 0 Å². The van der Waals surface area contributed by atoms with Crippen LogP contribution >= 0.6 is 15.6 Å². The minimum atomic E-state index is -4.96. The number of rotatable bonds is 74. The SMILES string of the molecule is CCCCCCCCCCCCCCCCCCCCCC(=O)O[C@H](COC(=O)CCCCCCCCCCCCC(C)CC)COP(=O)(O)OC[C@@H](O)COP(=O)(O)OC[C@@H](COC(=O)CCCCCCCCCCC(C)C)OC(=O)CCCCCCCCCCC(C)C. The van der Waals surface area contributed by atoms with Crippen LogP contribution in [-0.4, -0.2) is 96.7 Å². The van der Waals surface area contributed by atoms with Crippen molar-refractivity contribution in [1.29, 1.82) is 0 Å². The van der Waals surface area contributed by atoms with Gasteiger partial charge in [-0.3, -0.25) is 37.3 Å². The largest absolute Gasteiger partial charge is 0.472 e. The summed E-state index contributed by atoms with van der Waals surface area (Å²) >= 11 is 0. The number of unbranched alkanes of at least 4 members (excludes halogenated alkanes) is 41. The topological polar surface area (TPSA) is 237 Å². The van der Waals surface area contributed by atoms with Crippen LogP contribution < -0.4 is 0 Å². The highest BCUT2D eigenvalue weighted by Gasteiger charge is 2.30. The Balaban J connectivity index is 5.24. The molecule has 19 heteroatoms. The van der Waals surface area contributed by atoms with E-state index in [-0.39, 0.29) is 25.7 Å². The third kappa shape index (κ3) is 69.0. The number of hydrogen-bond acceptors (Lipinski definition) is 15. The van der Waals surface area contributed by atoms with Crippen molar-refractivity contribution >= 4 is 39.5 Å². The highest BCUT2D eigenvalue weighted by Crippen LogP contribution is 2.45. The molecule has 6 atom stereocenters. The maximum atomic E-state index is 13.1. The second-order valence-corrected chi connectivity index (χ2v) is 31.5. The van der Waals surface area contributed by atoms with Crippen LogP contribution in [0, 0.1) is 17.8 Å². The third-order valence-electron chi connectivity index (χ3n) is 18.0. The molecule has 0 rings (SSSR count). The molecule has 0 fully saturated rings. The van der Waals surface area contributed by atoms with Gasteiger partial charge in [-0.25, -0.2) is 9.13 Å². The summed E-state index contributed by atoms with van der Waals surface area (Å²) in [6, 6.07) is 0. The molecule has 0 aliphatic rings. The fraction of sp³-hybridized carbons (Fsp3) is 0.947. The van der Waals surface area contributed by atoms with Crippen LogP contribution in [-0.2, 0) is 65.4 Å². The molecule has 0 aromatic rings. The molecule has 0 saturated heterocycles. The van der Waals surface area contributed by atoms with Gasteiger partial charge in [0.1, 0.15) is 19.3 Å². The molecule has 17 nitrogen and oxygen atoms in total. The van der Waals surface area contributed by atoms with E-state index in [0.29, 0.717) is 25.7 Å². The number of aliphatic hydroxyl groups excluding tert-OH is 1. The fourth-order valence-corrected chi connectivity index (χ4v) is 13.1. The first-order chi connectivity index (χ1) is 45.8. The summed E-state index contributed by atoms with van der Waals surface area (Å²) in [4.78, 5) is 72.8. The molecule has 0 saturated carbocycles. The Hall–Kier alpha value is -1.94. The van der Waals surface area contributed by atoms with Gasteiger partial charge >= 0.3 is 39.5 Å². The van der Waals surface area contributed by atoms with Crippen molar-refractivity contribution in [2.45, 2.75) is 407 Å². The molecule has 564 valence electrons. The molecule has 0 amide bonds. The third-order valence-corrected chi connectivity index (χ3v) is 19.9. The number of phosphoric acid groups is 2. The Morgan fingerprint density at radius 3 is 0.800 bits per heavy atom. The molecule has 0 heterocycles. The maximum absolute atomic E-state index is 13.1. The minimum absolute atomic E-state index is 0.104. The molecule has 0 aromatic carbocycles. The summed E-state index contributed by atoms with van der Waals surface area (Å²) in [6.07, 6.45) is 52.8. The number of carbonyl (C=O) groups excluding carboxylic acids is 4. The lowest BCUT2D eigenvalue weighted by Crippen LogP contribution is -2.30. The van der Waals surface area contributed by atoms with Gasteiger partial charge < -0.3 is 33.8 Å². The highest BCUT2D eigenvalue weighted by molar-refractivity contribution is 7.47. The molecule has 0 radical (unpaired) electrons. The summed E-state index contributed by atoms with van der Waals surface area (Å²) in [7, 11) is -9.91. The van der Waals surface area contributed by atoms with E-state index in [2.05, 4.69) is 48.5 Å². The smallest absolute Gasteiger partial charge is 0.462 e. The fourth-order valence-electron chi connectivity index (χ4n) is 11.6. The van der Waals surface area contributed by atoms with Gasteiger partial charge in [0, 0.05) is 25.7 Å². The summed E-state index contributed by atoms with van der Waals surface area (Å²) < 4.78 is 68.5. The van der Waals surface area contributed by atoms with E-state index in [1.807, 2.05) is 0 Å². The minimum Gasteiger partial charge on any atom is -0.462 e. The number of carbonyl (C=O) groups is 4. The quantitative estimate of drug-likeness (QED) is 0.0222. The first-order valence-corrected chi connectivity index (χ1v) is 42.4. The van der Waals surface area contributed by atoms with Crippen LogP contribution in [0.4, 0.5) is 0 Å². The average molecular weight is 1400 g/mol. The monoisotopic (exact) mass is 1400 g/mol. The van der Waals surface area contributed by atoms with E-state index < -0.39 is 97.5 Å². The summed E-state index contributed by atoms with van der Waals surface area (Å²) in [5.41, 5.74) is 0. The molecular weight excluding hydrogens is 1250 g/mol. The van der Waals surface area contributed by atoms with Crippen molar-refractivity contribution < 1.29 is 80.2 Å². The zero-order chi connectivity index (χ0) is 70.1. The van der Waals surface area contributed by atoms with Gasteiger partial charge in [0.15, 0.2) is 12.2 Å². The average Bonchev–Trinajstić information content (AvgIpc) is 3.73. The zero-order valence-electron chi connectivity index (χ0n) is 62.1. The lowest BCUT2D eigenvalue weighted by molar-refractivity contribution is -0.161. The van der Waals surface area contributed by atoms with Gasteiger partial charge in [0.2, 0.25) is 0 Å². The first-order valence-electron chi connectivity index (χ1n) is 39.4. The standard InChI is InChI=1S/C76H148O17P2/c1-8-10-11-12-13-14-15-16-17-18-19-20-21-22-23-28-38-45-52-59-75(80)92-71(63-86-73(78)57-50-43-36-27-25-24-26-35-42-49-56-69(7)9-2)65-90-94(82,83)88-61-70(77)62-89-95(84,85)91-66-72(93-76(81)60-53-46-39-32-30-34-41-48-55-68(5)6)64-87-74(79)58-51-44-37-31-29-33-40-47-54-67(3)4/h67-72,77H,8-66H2,1-7H3,(H,82,83)(H,84,85)/t69?,70-,71-,72-/m1/s1. The predicted octanol–water partition coefficient (Wildman–Crippen LogP) is 22.2. The number of phosphoric ester groups is 2. The second-order valence-electron chi connectivity index (χ2n) is 28.6. The van der Waals surface area contributed by atoms with Gasteiger partial charge in [-0.05, 0) is 43.4 Å². The van der Waals surface area contributed by atoms with Crippen molar-refractivity contribution in [3.05, 3.63) is 0 Å². The van der Waals surface area contributed by atoms with Crippen molar-refractivity contribution in [2.24, 2.45) is 17.8 Å². The Kier molecular flexibility index (Phi) is 65.2. The Bertz CT molecular complexity index is 1850. The molecule has 3 N–H and O–H groups in total. The highest BCUT2D eigenvalue weighted by atomic mass is 31.2. The lowest BCUT2D eigenvalue weighted by atomic mass is 9.99.